The molecule has 0 radical (unpaired) electrons. The van der Waals surface area contributed by atoms with E-state index in [2.05, 4.69) is 12.2 Å². The van der Waals surface area contributed by atoms with E-state index in [1.807, 2.05) is 0 Å². The number of methoxy groups -OCH3 is 2. The van der Waals surface area contributed by atoms with Gasteiger partial charge in [-0.25, -0.2) is 12.7 Å². The van der Waals surface area contributed by atoms with Crippen LogP contribution in [0.25, 0.3) is 0 Å². The van der Waals surface area contributed by atoms with Crippen LogP contribution in [-0.4, -0.2) is 65.2 Å². The molecule has 0 amide bonds. The van der Waals surface area contributed by atoms with Gasteiger partial charge in [0.1, 0.15) is 0 Å². The standard InChI is InChI=1S/C14H30N2O4S/c1-5-8-15-13(14(19-2)20-3)10-12-7-6-9-16(11-12)21(4,17)18/h12-15H,5-11H2,1-4H3. The summed E-state index contributed by atoms with van der Waals surface area (Å²) in [6.45, 7) is 4.25. The lowest BCUT2D eigenvalue weighted by Crippen LogP contribution is -2.46. The summed E-state index contributed by atoms with van der Waals surface area (Å²) >= 11 is 0. The molecule has 0 aromatic carbocycles. The fourth-order valence-electron chi connectivity index (χ4n) is 2.92. The summed E-state index contributed by atoms with van der Waals surface area (Å²) in [6.07, 6.45) is 4.86. The van der Waals surface area contributed by atoms with E-state index in [0.29, 0.717) is 19.0 Å². The van der Waals surface area contributed by atoms with Gasteiger partial charge in [0.05, 0.1) is 12.3 Å². The van der Waals surface area contributed by atoms with Crippen LogP contribution >= 0.6 is 0 Å². The fourth-order valence-corrected chi connectivity index (χ4v) is 3.87. The first-order valence-corrected chi connectivity index (χ1v) is 9.51. The summed E-state index contributed by atoms with van der Waals surface area (Å²) in [5, 5.41) is 3.45. The van der Waals surface area contributed by atoms with Crippen LogP contribution in [0.1, 0.15) is 32.6 Å². The van der Waals surface area contributed by atoms with E-state index in [9.17, 15) is 8.42 Å². The highest BCUT2D eigenvalue weighted by atomic mass is 32.2. The van der Waals surface area contributed by atoms with Crippen LogP contribution in [0.15, 0.2) is 0 Å². The van der Waals surface area contributed by atoms with E-state index in [1.54, 1.807) is 18.5 Å². The highest BCUT2D eigenvalue weighted by molar-refractivity contribution is 7.88. The Balaban J connectivity index is 2.64. The lowest BCUT2D eigenvalue weighted by atomic mass is 9.92. The monoisotopic (exact) mass is 322 g/mol. The average Bonchev–Trinajstić information content (AvgIpc) is 2.45. The van der Waals surface area contributed by atoms with Crippen molar-refractivity contribution >= 4 is 10.0 Å². The third-order valence-corrected chi connectivity index (χ3v) is 5.26. The Morgan fingerprint density at radius 2 is 2.00 bits per heavy atom. The second kappa shape index (κ2) is 9.05. The Kier molecular flexibility index (Phi) is 8.12. The van der Waals surface area contributed by atoms with Gasteiger partial charge in [0.15, 0.2) is 6.29 Å². The molecule has 6 nitrogen and oxygen atoms in total. The summed E-state index contributed by atoms with van der Waals surface area (Å²) in [5.74, 6) is 0.343. The van der Waals surface area contributed by atoms with Gasteiger partial charge in [-0.3, -0.25) is 0 Å². The van der Waals surface area contributed by atoms with Gasteiger partial charge in [-0.05, 0) is 38.1 Å². The van der Waals surface area contributed by atoms with Crippen LogP contribution < -0.4 is 5.32 Å². The average molecular weight is 322 g/mol. The maximum Gasteiger partial charge on any atom is 0.211 e. The van der Waals surface area contributed by atoms with Crippen LogP contribution in [0.3, 0.4) is 0 Å². The minimum absolute atomic E-state index is 0.0875. The van der Waals surface area contributed by atoms with Crippen molar-refractivity contribution in [1.82, 2.24) is 9.62 Å². The van der Waals surface area contributed by atoms with Crippen molar-refractivity contribution in [3.8, 4) is 0 Å². The van der Waals surface area contributed by atoms with Gasteiger partial charge >= 0.3 is 0 Å². The molecule has 0 aromatic rings. The number of ether oxygens (including phenoxy) is 2. The second-order valence-corrected chi connectivity index (χ2v) is 7.75. The molecular formula is C14H30N2O4S. The summed E-state index contributed by atoms with van der Waals surface area (Å²) in [4.78, 5) is 0. The lowest BCUT2D eigenvalue weighted by molar-refractivity contribution is -0.126. The molecule has 0 aliphatic carbocycles. The largest absolute Gasteiger partial charge is 0.354 e. The number of nitrogens with one attached hydrogen (secondary N) is 1. The topological polar surface area (TPSA) is 67.9 Å². The van der Waals surface area contributed by atoms with Gasteiger partial charge in [-0.15, -0.1) is 0 Å². The van der Waals surface area contributed by atoms with Crippen molar-refractivity contribution < 1.29 is 17.9 Å². The Bertz CT molecular complexity index is 384. The van der Waals surface area contributed by atoms with Gasteiger partial charge in [0.2, 0.25) is 10.0 Å². The molecule has 1 aliphatic rings. The van der Waals surface area contributed by atoms with Crippen molar-refractivity contribution in [2.45, 2.75) is 44.9 Å². The highest BCUT2D eigenvalue weighted by Gasteiger charge is 2.30. The van der Waals surface area contributed by atoms with Crippen molar-refractivity contribution in [3.05, 3.63) is 0 Å². The summed E-state index contributed by atoms with van der Waals surface area (Å²) in [7, 11) is 0.182. The maximum atomic E-state index is 11.7. The van der Waals surface area contributed by atoms with Crippen LogP contribution in [0.2, 0.25) is 0 Å². The lowest BCUT2D eigenvalue weighted by Gasteiger charge is -2.35. The normalized spacial score (nSPS) is 22.6. The van der Waals surface area contributed by atoms with E-state index in [-0.39, 0.29) is 12.3 Å². The Morgan fingerprint density at radius 3 is 2.52 bits per heavy atom. The quantitative estimate of drug-likeness (QED) is 0.642. The van der Waals surface area contributed by atoms with Gasteiger partial charge < -0.3 is 14.8 Å². The third kappa shape index (κ3) is 6.20. The van der Waals surface area contributed by atoms with Gasteiger partial charge in [0.25, 0.3) is 0 Å². The predicted molar refractivity (Wildman–Crippen MR) is 83.6 cm³/mol. The minimum Gasteiger partial charge on any atom is -0.354 e. The van der Waals surface area contributed by atoms with Gasteiger partial charge in [0, 0.05) is 27.3 Å². The molecule has 0 saturated carbocycles. The molecule has 1 rings (SSSR count). The van der Waals surface area contributed by atoms with Crippen LogP contribution in [-0.2, 0) is 19.5 Å². The molecule has 1 heterocycles. The number of rotatable bonds is 9. The molecule has 0 bridgehead atoms. The molecule has 126 valence electrons. The number of sulfonamides is 1. The summed E-state index contributed by atoms with van der Waals surface area (Å²) in [5.41, 5.74) is 0. The molecule has 7 heteroatoms. The molecule has 2 unspecified atom stereocenters. The molecule has 2 atom stereocenters. The zero-order valence-electron chi connectivity index (χ0n) is 13.7. The first-order valence-electron chi connectivity index (χ1n) is 7.66. The van der Waals surface area contributed by atoms with E-state index in [0.717, 1.165) is 32.2 Å². The third-order valence-electron chi connectivity index (χ3n) is 3.99. The first kappa shape index (κ1) is 18.8. The van der Waals surface area contributed by atoms with E-state index in [4.69, 9.17) is 9.47 Å². The number of piperidine rings is 1. The molecule has 0 spiro atoms. The zero-order chi connectivity index (χ0) is 15.9. The van der Waals surface area contributed by atoms with Crippen LogP contribution in [0, 0.1) is 5.92 Å². The zero-order valence-corrected chi connectivity index (χ0v) is 14.5. The molecular weight excluding hydrogens is 292 g/mol. The van der Waals surface area contributed by atoms with Crippen molar-refractivity contribution in [2.24, 2.45) is 5.92 Å². The highest BCUT2D eigenvalue weighted by Crippen LogP contribution is 2.24. The number of nitrogens with zero attached hydrogens (tertiary/aromatic N) is 1. The second-order valence-electron chi connectivity index (χ2n) is 5.77. The van der Waals surface area contributed by atoms with Crippen LogP contribution in [0.4, 0.5) is 0 Å². The van der Waals surface area contributed by atoms with Gasteiger partial charge in [-0.1, -0.05) is 6.92 Å². The molecule has 21 heavy (non-hydrogen) atoms. The van der Waals surface area contributed by atoms with Crippen molar-refractivity contribution in [3.63, 3.8) is 0 Å². The SMILES string of the molecule is CCCNC(CC1CCCN(S(C)(=O)=O)C1)C(OC)OC. The van der Waals surface area contributed by atoms with Crippen molar-refractivity contribution in [1.29, 1.82) is 0 Å². The molecule has 1 N–H and O–H groups in total. The van der Waals surface area contributed by atoms with E-state index in [1.165, 1.54) is 6.26 Å². The minimum atomic E-state index is -3.09. The Labute approximate surface area is 129 Å². The molecule has 0 aromatic heterocycles. The molecule has 1 saturated heterocycles. The van der Waals surface area contributed by atoms with Crippen molar-refractivity contribution in [2.75, 3.05) is 40.1 Å². The Hall–Kier alpha value is -0.210. The molecule has 1 aliphatic heterocycles. The summed E-state index contributed by atoms with van der Waals surface area (Å²) in [6, 6.07) is 0.0875. The predicted octanol–water partition coefficient (Wildman–Crippen LogP) is 1.04. The number of hydrogen-bond acceptors (Lipinski definition) is 5. The van der Waals surface area contributed by atoms with Gasteiger partial charge in [-0.2, -0.15) is 0 Å². The maximum absolute atomic E-state index is 11.7. The summed E-state index contributed by atoms with van der Waals surface area (Å²) < 4.78 is 35.7. The molecule has 1 fully saturated rings. The van der Waals surface area contributed by atoms with Crippen LogP contribution in [0.5, 0.6) is 0 Å². The van der Waals surface area contributed by atoms with E-state index < -0.39 is 10.0 Å². The smallest absolute Gasteiger partial charge is 0.211 e. The number of hydrogen-bond donors (Lipinski definition) is 1. The fraction of sp³-hybridized carbons (Fsp3) is 1.00. The Morgan fingerprint density at radius 1 is 1.33 bits per heavy atom. The van der Waals surface area contributed by atoms with E-state index >= 15 is 0 Å². The first-order chi connectivity index (χ1) is 9.92.